The fraction of sp³-hybridized carbons (Fsp3) is 1.00. The molecule has 2 fully saturated rings. The summed E-state index contributed by atoms with van der Waals surface area (Å²) < 4.78 is 0. The lowest BCUT2D eigenvalue weighted by molar-refractivity contribution is 0.338. The molecule has 0 aliphatic heterocycles. The van der Waals surface area contributed by atoms with Crippen LogP contribution in [0.2, 0.25) is 0 Å². The molecule has 2 aliphatic carbocycles. The highest BCUT2D eigenvalue weighted by Crippen LogP contribution is 2.34. The predicted octanol–water partition coefficient (Wildman–Crippen LogP) is 5.83. The number of hydrogen-bond acceptors (Lipinski definition) is 1. The molecule has 2 saturated carbocycles. The van der Waals surface area contributed by atoms with Gasteiger partial charge in [-0.25, -0.2) is 0 Å². The van der Waals surface area contributed by atoms with Crippen LogP contribution in [0.5, 0.6) is 0 Å². The first-order chi connectivity index (χ1) is 9.88. The van der Waals surface area contributed by atoms with E-state index in [0.29, 0.717) is 0 Å². The summed E-state index contributed by atoms with van der Waals surface area (Å²) in [5, 5.41) is 4.03. The predicted molar refractivity (Wildman–Crippen MR) is 89.1 cm³/mol. The Kier molecular flexibility index (Phi) is 8.02. The average molecular weight is 280 g/mol. The Bertz CT molecular complexity index is 222. The van der Waals surface area contributed by atoms with Crippen molar-refractivity contribution >= 4 is 0 Å². The summed E-state index contributed by atoms with van der Waals surface area (Å²) in [5.74, 6) is 1.07. The lowest BCUT2D eigenvalue weighted by Gasteiger charge is -2.26. The smallest absolute Gasteiger partial charge is 0.00696 e. The summed E-state index contributed by atoms with van der Waals surface area (Å²) in [6, 6.07) is 1.62. The van der Waals surface area contributed by atoms with Crippen LogP contribution in [-0.4, -0.2) is 12.1 Å². The molecule has 0 spiro atoms. The normalized spacial score (nSPS) is 25.6. The molecule has 0 aromatic carbocycles. The quantitative estimate of drug-likeness (QED) is 0.668. The Morgan fingerprint density at radius 2 is 1.25 bits per heavy atom. The van der Waals surface area contributed by atoms with E-state index in [9.17, 15) is 0 Å². The third kappa shape index (κ3) is 7.11. The van der Waals surface area contributed by atoms with Crippen molar-refractivity contribution in [1.82, 2.24) is 5.32 Å². The molecule has 1 heteroatoms. The van der Waals surface area contributed by atoms with Crippen molar-refractivity contribution in [1.29, 1.82) is 0 Å². The zero-order valence-corrected chi connectivity index (χ0v) is 13.8. The van der Waals surface area contributed by atoms with Gasteiger partial charge < -0.3 is 5.32 Å². The maximum atomic E-state index is 4.03. The SMILES string of the molecule is CCC(CC1CC1)NC1CCCCCCCCCCC1. The molecule has 118 valence electrons. The van der Waals surface area contributed by atoms with Gasteiger partial charge in [-0.1, -0.05) is 77.6 Å². The molecule has 0 radical (unpaired) electrons. The standard InChI is InChI=1S/C19H37N/c1-2-18(16-17-14-15-17)20-19-12-10-8-6-4-3-5-7-9-11-13-19/h17-20H,2-16H2,1H3. The second-order valence-corrected chi connectivity index (χ2v) is 7.41. The molecule has 0 aromatic heterocycles. The molecule has 1 N–H and O–H groups in total. The molecule has 20 heavy (non-hydrogen) atoms. The second kappa shape index (κ2) is 9.82. The molecule has 1 atom stereocenters. The zero-order valence-electron chi connectivity index (χ0n) is 13.8. The van der Waals surface area contributed by atoms with Crippen LogP contribution in [0.15, 0.2) is 0 Å². The number of hydrogen-bond donors (Lipinski definition) is 1. The summed E-state index contributed by atoms with van der Waals surface area (Å²) >= 11 is 0. The van der Waals surface area contributed by atoms with Gasteiger partial charge in [-0.05, 0) is 31.6 Å². The third-order valence-electron chi connectivity index (χ3n) is 5.38. The van der Waals surface area contributed by atoms with Gasteiger partial charge in [0.1, 0.15) is 0 Å². The van der Waals surface area contributed by atoms with Crippen LogP contribution in [0.4, 0.5) is 0 Å². The molecule has 0 amide bonds. The molecule has 0 saturated heterocycles. The fourth-order valence-electron chi connectivity index (χ4n) is 3.77. The van der Waals surface area contributed by atoms with Crippen molar-refractivity contribution < 1.29 is 0 Å². The van der Waals surface area contributed by atoms with Crippen LogP contribution in [0.1, 0.15) is 103 Å². The summed E-state index contributed by atoms with van der Waals surface area (Å²) in [6.45, 7) is 2.37. The maximum absolute atomic E-state index is 4.03. The molecule has 1 unspecified atom stereocenters. The van der Waals surface area contributed by atoms with Gasteiger partial charge in [0.05, 0.1) is 0 Å². The molecular weight excluding hydrogens is 242 g/mol. The zero-order chi connectivity index (χ0) is 14.0. The Balaban J connectivity index is 1.71. The van der Waals surface area contributed by atoms with Crippen LogP contribution < -0.4 is 5.32 Å². The fourth-order valence-corrected chi connectivity index (χ4v) is 3.77. The second-order valence-electron chi connectivity index (χ2n) is 7.41. The van der Waals surface area contributed by atoms with Gasteiger partial charge in [0.25, 0.3) is 0 Å². The third-order valence-corrected chi connectivity index (χ3v) is 5.38. The van der Waals surface area contributed by atoms with Gasteiger partial charge in [-0.3, -0.25) is 0 Å². The van der Waals surface area contributed by atoms with Crippen LogP contribution in [0, 0.1) is 5.92 Å². The van der Waals surface area contributed by atoms with E-state index in [0.717, 1.165) is 18.0 Å². The molecular formula is C19H37N. The first-order valence-electron chi connectivity index (χ1n) is 9.64. The minimum atomic E-state index is 0.806. The van der Waals surface area contributed by atoms with Gasteiger partial charge in [0.2, 0.25) is 0 Å². The first kappa shape index (κ1) is 16.3. The largest absolute Gasteiger partial charge is 0.311 e. The van der Waals surface area contributed by atoms with E-state index in [-0.39, 0.29) is 0 Å². The lowest BCUT2D eigenvalue weighted by atomic mass is 9.96. The molecule has 2 aliphatic rings. The lowest BCUT2D eigenvalue weighted by Crippen LogP contribution is -2.38. The average Bonchev–Trinajstić information content (AvgIpc) is 3.25. The maximum Gasteiger partial charge on any atom is 0.00696 e. The van der Waals surface area contributed by atoms with E-state index < -0.39 is 0 Å². The summed E-state index contributed by atoms with van der Waals surface area (Å²) in [7, 11) is 0. The van der Waals surface area contributed by atoms with Crippen LogP contribution in [-0.2, 0) is 0 Å². The molecule has 0 heterocycles. The van der Waals surface area contributed by atoms with Gasteiger partial charge in [0.15, 0.2) is 0 Å². The summed E-state index contributed by atoms with van der Waals surface area (Å²) in [5.41, 5.74) is 0. The van der Waals surface area contributed by atoms with Crippen molar-refractivity contribution in [2.45, 2.75) is 115 Å². The Morgan fingerprint density at radius 1 is 0.750 bits per heavy atom. The van der Waals surface area contributed by atoms with E-state index in [1.165, 1.54) is 96.3 Å². The Labute approximate surface area is 127 Å². The van der Waals surface area contributed by atoms with Gasteiger partial charge >= 0.3 is 0 Å². The number of nitrogens with one attached hydrogen (secondary N) is 1. The van der Waals surface area contributed by atoms with Crippen LogP contribution in [0.3, 0.4) is 0 Å². The number of rotatable bonds is 5. The van der Waals surface area contributed by atoms with Crippen molar-refractivity contribution in [2.24, 2.45) is 5.92 Å². The molecule has 2 rings (SSSR count). The van der Waals surface area contributed by atoms with E-state index in [1.54, 1.807) is 0 Å². The van der Waals surface area contributed by atoms with Gasteiger partial charge in [-0.2, -0.15) is 0 Å². The van der Waals surface area contributed by atoms with Crippen LogP contribution in [0.25, 0.3) is 0 Å². The minimum absolute atomic E-state index is 0.806. The molecule has 1 nitrogen and oxygen atoms in total. The topological polar surface area (TPSA) is 12.0 Å². The monoisotopic (exact) mass is 279 g/mol. The van der Waals surface area contributed by atoms with E-state index >= 15 is 0 Å². The van der Waals surface area contributed by atoms with E-state index in [1.807, 2.05) is 0 Å². The van der Waals surface area contributed by atoms with Crippen molar-refractivity contribution in [2.75, 3.05) is 0 Å². The van der Waals surface area contributed by atoms with Crippen molar-refractivity contribution in [3.63, 3.8) is 0 Å². The highest BCUT2D eigenvalue weighted by molar-refractivity contribution is 4.82. The Hall–Kier alpha value is -0.0400. The van der Waals surface area contributed by atoms with E-state index in [4.69, 9.17) is 0 Å². The van der Waals surface area contributed by atoms with Crippen molar-refractivity contribution in [3.05, 3.63) is 0 Å². The van der Waals surface area contributed by atoms with Crippen LogP contribution >= 0.6 is 0 Å². The summed E-state index contributed by atoms with van der Waals surface area (Å²) in [4.78, 5) is 0. The summed E-state index contributed by atoms with van der Waals surface area (Å²) in [6.07, 6.45) is 21.9. The van der Waals surface area contributed by atoms with E-state index in [2.05, 4.69) is 12.2 Å². The molecule has 0 bridgehead atoms. The highest BCUT2D eigenvalue weighted by atomic mass is 14.9. The van der Waals surface area contributed by atoms with Crippen molar-refractivity contribution in [3.8, 4) is 0 Å². The Morgan fingerprint density at radius 3 is 1.70 bits per heavy atom. The van der Waals surface area contributed by atoms with Gasteiger partial charge in [0, 0.05) is 12.1 Å². The minimum Gasteiger partial charge on any atom is -0.311 e. The highest BCUT2D eigenvalue weighted by Gasteiger charge is 2.25. The van der Waals surface area contributed by atoms with Gasteiger partial charge in [-0.15, -0.1) is 0 Å². The first-order valence-corrected chi connectivity index (χ1v) is 9.64. The molecule has 0 aromatic rings.